The van der Waals surface area contributed by atoms with Gasteiger partial charge in [-0.15, -0.1) is 11.3 Å². The van der Waals surface area contributed by atoms with E-state index in [0.717, 1.165) is 6.54 Å². The van der Waals surface area contributed by atoms with Gasteiger partial charge < -0.3 is 10.6 Å². The van der Waals surface area contributed by atoms with Gasteiger partial charge in [-0.3, -0.25) is 4.79 Å². The summed E-state index contributed by atoms with van der Waals surface area (Å²) in [5, 5.41) is 6.55. The number of anilines is 1. The van der Waals surface area contributed by atoms with Crippen molar-refractivity contribution < 1.29 is 4.79 Å². The third-order valence-electron chi connectivity index (χ3n) is 3.53. The molecular formula is C16H17ClN2OS. The van der Waals surface area contributed by atoms with Gasteiger partial charge >= 0.3 is 0 Å². The number of aryl methyl sites for hydroxylation is 2. The molecular weight excluding hydrogens is 304 g/mol. The molecule has 2 N–H and O–H groups in total. The molecule has 21 heavy (non-hydrogen) atoms. The van der Waals surface area contributed by atoms with E-state index in [4.69, 9.17) is 11.6 Å². The number of rotatable bonds is 5. The Hall–Kier alpha value is -1.36. The van der Waals surface area contributed by atoms with Crippen LogP contribution >= 0.6 is 22.9 Å². The van der Waals surface area contributed by atoms with E-state index < -0.39 is 0 Å². The maximum absolute atomic E-state index is 11.9. The first kappa shape index (κ1) is 14.6. The first-order valence-electron chi connectivity index (χ1n) is 7.08. The van der Waals surface area contributed by atoms with Crippen LogP contribution in [0.1, 0.15) is 21.7 Å². The Balaban J connectivity index is 1.46. The van der Waals surface area contributed by atoms with Crippen molar-refractivity contribution in [3.05, 3.63) is 50.7 Å². The predicted octanol–water partition coefficient (Wildman–Crippen LogP) is 3.62. The summed E-state index contributed by atoms with van der Waals surface area (Å²) in [5.74, 6) is -0.0767. The lowest BCUT2D eigenvalue weighted by molar-refractivity contribution is -0.115. The number of nitrogens with one attached hydrogen (secondary N) is 2. The van der Waals surface area contributed by atoms with E-state index in [1.165, 1.54) is 34.6 Å². The number of benzene rings is 1. The standard InChI is InChI=1S/C16H17ClN2OS/c17-13-5-1-2-6-14(13)19-16(20)10-18-9-12-8-11-4-3-7-15(11)21-12/h1-2,5-6,8,18H,3-4,7,9-10H2,(H,19,20). The second-order valence-electron chi connectivity index (χ2n) is 5.15. The lowest BCUT2D eigenvalue weighted by Crippen LogP contribution is -2.27. The molecule has 0 atom stereocenters. The van der Waals surface area contributed by atoms with Gasteiger partial charge in [0.1, 0.15) is 0 Å². The van der Waals surface area contributed by atoms with Gasteiger partial charge in [0.2, 0.25) is 5.91 Å². The Bertz CT molecular complexity index is 632. The number of halogens is 1. The van der Waals surface area contributed by atoms with Gasteiger partial charge in [-0.2, -0.15) is 0 Å². The molecule has 1 aromatic carbocycles. The fourth-order valence-electron chi connectivity index (χ4n) is 2.53. The van der Waals surface area contributed by atoms with Gasteiger partial charge in [-0.25, -0.2) is 0 Å². The second-order valence-corrected chi connectivity index (χ2v) is 6.77. The molecule has 0 radical (unpaired) electrons. The zero-order chi connectivity index (χ0) is 14.7. The van der Waals surface area contributed by atoms with Crippen molar-refractivity contribution in [3.63, 3.8) is 0 Å². The number of fused-ring (bicyclic) bond motifs is 1. The Morgan fingerprint density at radius 3 is 2.95 bits per heavy atom. The second kappa shape index (κ2) is 6.60. The third-order valence-corrected chi connectivity index (χ3v) is 5.10. The number of amides is 1. The van der Waals surface area contributed by atoms with Crippen LogP contribution in [-0.2, 0) is 24.2 Å². The molecule has 110 valence electrons. The number of hydrogen-bond donors (Lipinski definition) is 2. The van der Waals surface area contributed by atoms with Crippen LogP contribution in [0, 0.1) is 0 Å². The fraction of sp³-hybridized carbons (Fsp3) is 0.312. The van der Waals surface area contributed by atoms with Gasteiger partial charge in [0, 0.05) is 16.3 Å². The SMILES string of the molecule is O=C(CNCc1cc2c(s1)CCC2)Nc1ccccc1Cl. The lowest BCUT2D eigenvalue weighted by atomic mass is 10.2. The molecule has 5 heteroatoms. The zero-order valence-electron chi connectivity index (χ0n) is 11.6. The average molecular weight is 321 g/mol. The number of para-hydroxylation sites is 1. The summed E-state index contributed by atoms with van der Waals surface area (Å²) in [6.07, 6.45) is 3.71. The number of thiophene rings is 1. The van der Waals surface area contributed by atoms with Crippen LogP contribution < -0.4 is 10.6 Å². The quantitative estimate of drug-likeness (QED) is 0.883. The van der Waals surface area contributed by atoms with Gasteiger partial charge in [0.25, 0.3) is 0 Å². The maximum atomic E-state index is 11.9. The van der Waals surface area contributed by atoms with Crippen LogP contribution in [0.2, 0.25) is 5.02 Å². The summed E-state index contributed by atoms with van der Waals surface area (Å²) in [5.41, 5.74) is 2.15. The molecule has 0 spiro atoms. The first-order chi connectivity index (χ1) is 10.2. The number of hydrogen-bond acceptors (Lipinski definition) is 3. The molecule has 0 unspecified atom stereocenters. The van der Waals surface area contributed by atoms with Crippen LogP contribution in [0.15, 0.2) is 30.3 Å². The highest BCUT2D eigenvalue weighted by atomic mass is 35.5. The maximum Gasteiger partial charge on any atom is 0.238 e. The van der Waals surface area contributed by atoms with Crippen molar-refractivity contribution >= 4 is 34.5 Å². The van der Waals surface area contributed by atoms with E-state index >= 15 is 0 Å². The summed E-state index contributed by atoms with van der Waals surface area (Å²) in [7, 11) is 0. The van der Waals surface area contributed by atoms with Crippen LogP contribution in [-0.4, -0.2) is 12.5 Å². The molecule has 0 bridgehead atoms. The highest BCUT2D eigenvalue weighted by Gasteiger charge is 2.14. The molecule has 3 rings (SSSR count). The van der Waals surface area contributed by atoms with Crippen molar-refractivity contribution in [1.82, 2.24) is 5.32 Å². The Morgan fingerprint density at radius 2 is 2.14 bits per heavy atom. The van der Waals surface area contributed by atoms with Crippen LogP contribution in [0.4, 0.5) is 5.69 Å². The smallest absolute Gasteiger partial charge is 0.238 e. The van der Waals surface area contributed by atoms with Crippen LogP contribution in [0.5, 0.6) is 0 Å². The average Bonchev–Trinajstić information content (AvgIpc) is 3.02. The van der Waals surface area contributed by atoms with E-state index in [2.05, 4.69) is 16.7 Å². The molecule has 1 amide bonds. The summed E-state index contributed by atoms with van der Waals surface area (Å²) < 4.78 is 0. The monoisotopic (exact) mass is 320 g/mol. The van der Waals surface area contributed by atoms with Crippen LogP contribution in [0.3, 0.4) is 0 Å². The molecule has 0 fully saturated rings. The minimum atomic E-state index is -0.0767. The minimum absolute atomic E-state index is 0.0767. The first-order valence-corrected chi connectivity index (χ1v) is 8.27. The fourth-order valence-corrected chi connectivity index (χ4v) is 3.95. The summed E-state index contributed by atoms with van der Waals surface area (Å²) >= 11 is 7.87. The minimum Gasteiger partial charge on any atom is -0.324 e. The molecule has 1 aromatic heterocycles. The van der Waals surface area contributed by atoms with Gasteiger partial charge in [-0.05, 0) is 43.0 Å². The lowest BCUT2D eigenvalue weighted by Gasteiger charge is -2.07. The molecule has 3 nitrogen and oxygen atoms in total. The summed E-state index contributed by atoms with van der Waals surface area (Å²) in [6, 6.07) is 9.52. The van der Waals surface area contributed by atoms with Crippen molar-refractivity contribution in [3.8, 4) is 0 Å². The van der Waals surface area contributed by atoms with Gasteiger partial charge in [0.15, 0.2) is 0 Å². The van der Waals surface area contributed by atoms with Crippen molar-refractivity contribution in [2.75, 3.05) is 11.9 Å². The highest BCUT2D eigenvalue weighted by Crippen LogP contribution is 2.30. The van der Waals surface area contributed by atoms with E-state index in [-0.39, 0.29) is 12.5 Å². The Kier molecular flexibility index (Phi) is 4.58. The van der Waals surface area contributed by atoms with E-state index in [1.807, 2.05) is 23.5 Å². The van der Waals surface area contributed by atoms with E-state index in [0.29, 0.717) is 10.7 Å². The molecule has 0 saturated carbocycles. The van der Waals surface area contributed by atoms with Crippen molar-refractivity contribution in [2.45, 2.75) is 25.8 Å². The number of carbonyl (C=O) groups is 1. The molecule has 1 heterocycles. The highest BCUT2D eigenvalue weighted by molar-refractivity contribution is 7.12. The predicted molar refractivity (Wildman–Crippen MR) is 88.1 cm³/mol. The normalized spacial score (nSPS) is 13.2. The van der Waals surface area contributed by atoms with E-state index in [1.54, 1.807) is 12.1 Å². The van der Waals surface area contributed by atoms with Gasteiger partial charge in [0.05, 0.1) is 17.3 Å². The van der Waals surface area contributed by atoms with Crippen molar-refractivity contribution in [1.29, 1.82) is 0 Å². The zero-order valence-corrected chi connectivity index (χ0v) is 13.2. The Morgan fingerprint density at radius 1 is 1.29 bits per heavy atom. The van der Waals surface area contributed by atoms with Crippen molar-refractivity contribution in [2.24, 2.45) is 0 Å². The van der Waals surface area contributed by atoms with Gasteiger partial charge in [-0.1, -0.05) is 23.7 Å². The topological polar surface area (TPSA) is 41.1 Å². The van der Waals surface area contributed by atoms with E-state index in [9.17, 15) is 4.79 Å². The molecule has 1 aliphatic rings. The third kappa shape index (κ3) is 3.64. The molecule has 2 aromatic rings. The largest absolute Gasteiger partial charge is 0.324 e. The molecule has 0 saturated heterocycles. The summed E-state index contributed by atoms with van der Waals surface area (Å²) in [4.78, 5) is 14.7. The molecule has 0 aliphatic heterocycles. The number of carbonyl (C=O) groups excluding carboxylic acids is 1. The summed E-state index contributed by atoms with van der Waals surface area (Å²) in [6.45, 7) is 1.03. The molecule has 1 aliphatic carbocycles. The Labute approximate surface area is 133 Å². The van der Waals surface area contributed by atoms with Crippen LogP contribution in [0.25, 0.3) is 0 Å².